The molecule has 0 saturated carbocycles. The summed E-state index contributed by atoms with van der Waals surface area (Å²) in [5, 5.41) is 11.7. The van der Waals surface area contributed by atoms with E-state index < -0.39 is 5.97 Å². The number of rotatable bonds is 5. The first-order valence-corrected chi connectivity index (χ1v) is 7.05. The number of nitrogens with one attached hydrogen (secondary N) is 1. The summed E-state index contributed by atoms with van der Waals surface area (Å²) in [7, 11) is 0. The molecule has 1 atom stereocenters. The summed E-state index contributed by atoms with van der Waals surface area (Å²) in [6, 6.07) is -0.344. The van der Waals surface area contributed by atoms with Crippen LogP contribution in [0.1, 0.15) is 48.0 Å². The third-order valence-corrected chi connectivity index (χ3v) is 3.67. The van der Waals surface area contributed by atoms with Crippen molar-refractivity contribution >= 4 is 23.6 Å². The zero-order valence-corrected chi connectivity index (χ0v) is 13.0. The van der Waals surface area contributed by atoms with E-state index in [9.17, 15) is 9.59 Å². The molecule has 106 valence electrons. The number of hydrogen-bond acceptors (Lipinski definition) is 3. The Morgan fingerprint density at radius 1 is 1.17 bits per heavy atom. The van der Waals surface area contributed by atoms with Crippen LogP contribution in [0.15, 0.2) is 0 Å². The van der Waals surface area contributed by atoms with Gasteiger partial charge in [0.05, 0.1) is 12.2 Å². The summed E-state index contributed by atoms with van der Waals surface area (Å²) < 4.78 is 0.0291. The molecule has 0 aromatic carbocycles. The maximum Gasteiger partial charge on any atom is 0.305 e. The minimum atomic E-state index is -0.890. The third kappa shape index (κ3) is 8.39. The highest BCUT2D eigenvalue weighted by atomic mass is 32.2. The second kappa shape index (κ2) is 6.45. The van der Waals surface area contributed by atoms with Gasteiger partial charge >= 0.3 is 5.97 Å². The summed E-state index contributed by atoms with van der Waals surface area (Å²) >= 11 is 1.55. The lowest BCUT2D eigenvalue weighted by atomic mass is 9.85. The number of hydrogen-bond donors (Lipinski definition) is 2. The van der Waals surface area contributed by atoms with E-state index in [1.54, 1.807) is 11.8 Å². The van der Waals surface area contributed by atoms with Gasteiger partial charge in [0, 0.05) is 10.8 Å². The highest BCUT2D eigenvalue weighted by Crippen LogP contribution is 2.24. The number of carboxylic acids is 1. The molecule has 0 aromatic rings. The largest absolute Gasteiger partial charge is 0.481 e. The van der Waals surface area contributed by atoms with Crippen molar-refractivity contribution in [2.75, 3.05) is 5.75 Å². The Balaban J connectivity index is 4.41. The van der Waals surface area contributed by atoms with Gasteiger partial charge in [0.1, 0.15) is 0 Å². The molecule has 1 unspecified atom stereocenters. The maximum absolute atomic E-state index is 11.8. The molecule has 0 spiro atoms. The zero-order valence-electron chi connectivity index (χ0n) is 12.2. The number of thioether (sulfide) groups is 1. The van der Waals surface area contributed by atoms with Crippen LogP contribution in [0, 0.1) is 5.41 Å². The second-order valence-electron chi connectivity index (χ2n) is 6.49. The van der Waals surface area contributed by atoms with Crippen molar-refractivity contribution in [3.05, 3.63) is 0 Å². The van der Waals surface area contributed by atoms with Crippen molar-refractivity contribution in [2.24, 2.45) is 5.41 Å². The van der Waals surface area contributed by atoms with Gasteiger partial charge in [-0.05, 0) is 5.41 Å². The van der Waals surface area contributed by atoms with Gasteiger partial charge in [-0.25, -0.2) is 0 Å². The molecule has 0 aliphatic carbocycles. The second-order valence-corrected chi connectivity index (χ2v) is 8.29. The van der Waals surface area contributed by atoms with E-state index >= 15 is 0 Å². The van der Waals surface area contributed by atoms with Gasteiger partial charge in [0.2, 0.25) is 5.91 Å². The van der Waals surface area contributed by atoms with Gasteiger partial charge in [0.15, 0.2) is 0 Å². The predicted octanol–water partition coefficient (Wildman–Crippen LogP) is 2.52. The number of amides is 1. The summed E-state index contributed by atoms with van der Waals surface area (Å²) in [5.41, 5.74) is -0.263. The van der Waals surface area contributed by atoms with E-state index in [1.165, 1.54) is 0 Å². The van der Waals surface area contributed by atoms with E-state index in [-0.39, 0.29) is 28.5 Å². The predicted molar refractivity (Wildman–Crippen MR) is 75.8 cm³/mol. The molecule has 0 fully saturated rings. The molecule has 0 heterocycles. The van der Waals surface area contributed by atoms with Gasteiger partial charge in [-0.3, -0.25) is 9.59 Å². The fraction of sp³-hybridized carbons (Fsp3) is 0.846. The first kappa shape index (κ1) is 17.3. The molecule has 1 amide bonds. The molecule has 0 radical (unpaired) electrons. The molecular formula is C13H25NO3S. The minimum absolute atomic E-state index is 0.0291. The van der Waals surface area contributed by atoms with Gasteiger partial charge in [0.25, 0.3) is 0 Å². The Hall–Kier alpha value is -0.710. The van der Waals surface area contributed by atoms with E-state index in [4.69, 9.17) is 5.11 Å². The Bertz CT molecular complexity index is 302. The van der Waals surface area contributed by atoms with Crippen molar-refractivity contribution in [1.29, 1.82) is 0 Å². The van der Waals surface area contributed by atoms with E-state index in [0.717, 1.165) is 0 Å². The third-order valence-electron chi connectivity index (χ3n) is 2.40. The fourth-order valence-electron chi connectivity index (χ4n) is 1.27. The van der Waals surface area contributed by atoms with Crippen molar-refractivity contribution in [3.63, 3.8) is 0 Å². The van der Waals surface area contributed by atoms with Gasteiger partial charge in [-0.15, -0.1) is 11.8 Å². The fourth-order valence-corrected chi connectivity index (χ4v) is 1.91. The van der Waals surface area contributed by atoms with Crippen molar-refractivity contribution in [1.82, 2.24) is 5.32 Å². The number of carboxylic acid groups (broad SMARTS) is 1. The van der Waals surface area contributed by atoms with Gasteiger partial charge < -0.3 is 10.4 Å². The monoisotopic (exact) mass is 275 g/mol. The lowest BCUT2D eigenvalue weighted by Crippen LogP contribution is -2.46. The summed E-state index contributed by atoms with van der Waals surface area (Å²) in [5.74, 6) is -0.634. The SMILES string of the molecule is CC(C)(C)SCC(=O)NC(CC(=O)O)C(C)(C)C. The quantitative estimate of drug-likeness (QED) is 0.809. The molecule has 0 aliphatic heterocycles. The molecule has 0 saturated heterocycles. The Morgan fingerprint density at radius 3 is 2.00 bits per heavy atom. The van der Waals surface area contributed by atoms with Crippen LogP contribution in [0.25, 0.3) is 0 Å². The summed E-state index contributed by atoms with van der Waals surface area (Å²) in [4.78, 5) is 22.6. The molecule has 2 N–H and O–H groups in total. The van der Waals surface area contributed by atoms with Gasteiger partial charge in [-0.2, -0.15) is 0 Å². The Kier molecular flexibility index (Phi) is 6.20. The smallest absolute Gasteiger partial charge is 0.305 e. The maximum atomic E-state index is 11.8. The van der Waals surface area contributed by atoms with Crippen molar-refractivity contribution in [2.45, 2.75) is 58.8 Å². The highest BCUT2D eigenvalue weighted by molar-refractivity contribution is 8.01. The van der Waals surface area contributed by atoms with Crippen LogP contribution in [0.3, 0.4) is 0 Å². The summed E-state index contributed by atoms with van der Waals surface area (Å²) in [6.07, 6.45) is -0.0462. The average molecular weight is 275 g/mol. The summed E-state index contributed by atoms with van der Waals surface area (Å²) in [6.45, 7) is 11.9. The van der Waals surface area contributed by atoms with Crippen LogP contribution in [0.5, 0.6) is 0 Å². The van der Waals surface area contributed by atoms with Crippen LogP contribution in [-0.2, 0) is 9.59 Å². The molecular weight excluding hydrogens is 250 g/mol. The number of aliphatic carboxylic acids is 1. The molecule has 5 heteroatoms. The molecule has 4 nitrogen and oxygen atoms in total. The van der Waals surface area contributed by atoms with Crippen LogP contribution >= 0.6 is 11.8 Å². The van der Waals surface area contributed by atoms with Crippen molar-refractivity contribution < 1.29 is 14.7 Å². The first-order chi connectivity index (χ1) is 7.92. The van der Waals surface area contributed by atoms with Crippen molar-refractivity contribution in [3.8, 4) is 0 Å². The van der Waals surface area contributed by atoms with Crippen LogP contribution < -0.4 is 5.32 Å². The lowest BCUT2D eigenvalue weighted by Gasteiger charge is -2.30. The van der Waals surface area contributed by atoms with E-state index in [0.29, 0.717) is 5.75 Å². The van der Waals surface area contributed by atoms with Crippen LogP contribution in [0.4, 0.5) is 0 Å². The Labute approximate surface area is 114 Å². The van der Waals surface area contributed by atoms with E-state index in [2.05, 4.69) is 5.32 Å². The topological polar surface area (TPSA) is 66.4 Å². The highest BCUT2D eigenvalue weighted by Gasteiger charge is 2.28. The zero-order chi connectivity index (χ0) is 14.6. The lowest BCUT2D eigenvalue weighted by molar-refractivity contribution is -0.138. The molecule has 0 aliphatic rings. The van der Waals surface area contributed by atoms with Crippen LogP contribution in [0.2, 0.25) is 0 Å². The van der Waals surface area contributed by atoms with E-state index in [1.807, 2.05) is 41.5 Å². The molecule has 0 aromatic heterocycles. The first-order valence-electron chi connectivity index (χ1n) is 6.07. The number of carbonyl (C=O) groups is 2. The van der Waals surface area contributed by atoms with Crippen LogP contribution in [-0.4, -0.2) is 33.5 Å². The normalized spacial score (nSPS) is 14.1. The average Bonchev–Trinajstić information content (AvgIpc) is 2.10. The standard InChI is InChI=1S/C13H25NO3S/c1-12(2,3)9(7-11(16)17)14-10(15)8-18-13(4,5)6/h9H,7-8H2,1-6H3,(H,14,15)(H,16,17). The van der Waals surface area contributed by atoms with Gasteiger partial charge in [-0.1, -0.05) is 41.5 Å². The minimum Gasteiger partial charge on any atom is -0.481 e. The molecule has 0 bridgehead atoms. The molecule has 0 rings (SSSR count). The molecule has 18 heavy (non-hydrogen) atoms. The number of carbonyl (C=O) groups excluding carboxylic acids is 1. The Morgan fingerprint density at radius 2 is 1.67 bits per heavy atom.